The summed E-state index contributed by atoms with van der Waals surface area (Å²) in [6, 6.07) is 25.9. The Morgan fingerprint density at radius 2 is 1.58 bits per heavy atom. The standard InChI is InChI=1S/C41H40F6N6O3S/c1-26(2)34-19-10-27(3)22-35(34)53(36(54)20-21-40(42,43)44)39(57-24-30-8-6-5-7-9-30)50-38(55)49-28(4)23-29-11-13-31(14-12-29)37-48-25-52(51-37)32-15-17-33(18-16-32)56-41(45,46)47/h5-19,22,25-26,28H,20-21,23-24H2,1-4H3,(H,49,55). The van der Waals surface area contributed by atoms with E-state index in [1.165, 1.54) is 35.3 Å². The topological polar surface area (TPSA) is 102 Å². The van der Waals surface area contributed by atoms with Crippen LogP contribution in [0.25, 0.3) is 17.1 Å². The number of rotatable bonds is 12. The molecule has 5 aromatic rings. The lowest BCUT2D eigenvalue weighted by molar-refractivity contribution is -0.274. The fourth-order valence-corrected chi connectivity index (χ4v) is 6.72. The Kier molecular flexibility index (Phi) is 13.8. The molecule has 300 valence electrons. The number of aryl methyl sites for hydroxylation is 1. The summed E-state index contributed by atoms with van der Waals surface area (Å²) in [5.74, 6) is -0.643. The van der Waals surface area contributed by atoms with E-state index in [-0.39, 0.29) is 22.6 Å². The maximum atomic E-state index is 13.8. The third-order valence-corrected chi connectivity index (χ3v) is 9.48. The van der Waals surface area contributed by atoms with E-state index in [0.29, 0.717) is 34.7 Å². The number of amidine groups is 1. The number of nitrogens with zero attached hydrogens (tertiary/aromatic N) is 5. The molecule has 0 fully saturated rings. The summed E-state index contributed by atoms with van der Waals surface area (Å²) in [4.78, 5) is 37.1. The van der Waals surface area contributed by atoms with Crippen molar-refractivity contribution >= 4 is 34.6 Å². The van der Waals surface area contributed by atoms with E-state index in [9.17, 15) is 35.9 Å². The molecule has 0 bridgehead atoms. The summed E-state index contributed by atoms with van der Waals surface area (Å²) >= 11 is 1.08. The minimum Gasteiger partial charge on any atom is -0.406 e. The maximum absolute atomic E-state index is 13.8. The molecule has 16 heteroatoms. The van der Waals surface area contributed by atoms with Crippen LogP contribution in [0, 0.1) is 6.92 Å². The predicted octanol–water partition coefficient (Wildman–Crippen LogP) is 10.6. The number of hydrogen-bond donors (Lipinski definition) is 1. The Hall–Kier alpha value is -5.64. The molecule has 4 aromatic carbocycles. The van der Waals surface area contributed by atoms with Gasteiger partial charge in [0, 0.05) is 23.8 Å². The molecule has 1 aromatic heterocycles. The normalized spacial score (nSPS) is 12.7. The van der Waals surface area contributed by atoms with E-state index in [4.69, 9.17) is 0 Å². The molecule has 0 saturated carbocycles. The summed E-state index contributed by atoms with van der Waals surface area (Å²) in [5, 5.41) is 7.21. The number of aromatic nitrogens is 3. The molecule has 3 amide bonds. The lowest BCUT2D eigenvalue weighted by atomic mass is 9.98. The second-order valence-corrected chi connectivity index (χ2v) is 14.5. The molecule has 0 aliphatic heterocycles. The minimum atomic E-state index is -4.80. The first-order valence-corrected chi connectivity index (χ1v) is 18.9. The van der Waals surface area contributed by atoms with E-state index < -0.39 is 43.4 Å². The summed E-state index contributed by atoms with van der Waals surface area (Å²) in [7, 11) is 0. The molecule has 0 aliphatic rings. The second-order valence-electron chi connectivity index (χ2n) is 13.5. The zero-order chi connectivity index (χ0) is 41.3. The van der Waals surface area contributed by atoms with Crippen LogP contribution >= 0.6 is 11.8 Å². The number of carbonyl (C=O) groups is 2. The molecular weight excluding hydrogens is 771 g/mol. The molecule has 9 nitrogen and oxygen atoms in total. The average molecular weight is 811 g/mol. The van der Waals surface area contributed by atoms with Gasteiger partial charge in [-0.25, -0.2) is 14.5 Å². The van der Waals surface area contributed by atoms with Gasteiger partial charge >= 0.3 is 18.6 Å². The van der Waals surface area contributed by atoms with Crippen LogP contribution in [-0.4, -0.2) is 50.5 Å². The number of thioether (sulfide) groups is 1. The number of urea groups is 1. The molecule has 57 heavy (non-hydrogen) atoms. The van der Waals surface area contributed by atoms with Gasteiger partial charge in [-0.05, 0) is 78.8 Å². The van der Waals surface area contributed by atoms with Crippen LogP contribution < -0.4 is 15.0 Å². The molecule has 1 atom stereocenters. The number of amides is 3. The molecule has 1 heterocycles. The van der Waals surface area contributed by atoms with E-state index in [1.807, 2.05) is 75.4 Å². The highest BCUT2D eigenvalue weighted by molar-refractivity contribution is 8.13. The van der Waals surface area contributed by atoms with Crippen molar-refractivity contribution < 1.29 is 40.7 Å². The van der Waals surface area contributed by atoms with Crippen LogP contribution in [0.2, 0.25) is 0 Å². The van der Waals surface area contributed by atoms with Gasteiger partial charge in [-0.15, -0.1) is 18.3 Å². The van der Waals surface area contributed by atoms with Gasteiger partial charge in [0.1, 0.15) is 12.1 Å². The van der Waals surface area contributed by atoms with Gasteiger partial charge in [0.2, 0.25) is 5.91 Å². The predicted molar refractivity (Wildman–Crippen MR) is 208 cm³/mol. The van der Waals surface area contributed by atoms with Crippen molar-refractivity contribution in [2.75, 3.05) is 4.90 Å². The van der Waals surface area contributed by atoms with Gasteiger partial charge in [-0.2, -0.15) is 18.2 Å². The second kappa shape index (κ2) is 18.5. The lowest BCUT2D eigenvalue weighted by Crippen LogP contribution is -2.39. The van der Waals surface area contributed by atoms with Crippen LogP contribution in [0.1, 0.15) is 61.8 Å². The van der Waals surface area contributed by atoms with Crippen molar-refractivity contribution in [1.29, 1.82) is 0 Å². The molecule has 0 spiro atoms. The van der Waals surface area contributed by atoms with Gasteiger partial charge in [0.15, 0.2) is 11.0 Å². The Morgan fingerprint density at radius 1 is 0.895 bits per heavy atom. The number of ether oxygens (including phenoxy) is 1. The number of nitrogens with one attached hydrogen (secondary N) is 1. The number of alkyl halides is 6. The first-order valence-electron chi connectivity index (χ1n) is 17.9. The van der Waals surface area contributed by atoms with Gasteiger partial charge in [0.05, 0.1) is 17.8 Å². The Balaban J connectivity index is 1.34. The van der Waals surface area contributed by atoms with Crippen molar-refractivity contribution in [2.24, 2.45) is 4.99 Å². The highest BCUT2D eigenvalue weighted by Gasteiger charge is 2.33. The highest BCUT2D eigenvalue weighted by Crippen LogP contribution is 2.34. The molecule has 5 rings (SSSR count). The van der Waals surface area contributed by atoms with Crippen LogP contribution in [0.5, 0.6) is 5.75 Å². The highest BCUT2D eigenvalue weighted by atomic mass is 32.2. The Morgan fingerprint density at radius 3 is 2.21 bits per heavy atom. The van der Waals surface area contributed by atoms with Gasteiger partial charge in [0.25, 0.3) is 0 Å². The number of carbonyl (C=O) groups excluding carboxylic acids is 2. The van der Waals surface area contributed by atoms with Crippen LogP contribution in [-0.2, 0) is 17.0 Å². The maximum Gasteiger partial charge on any atom is 0.573 e. The quantitative estimate of drug-likeness (QED) is 0.0765. The van der Waals surface area contributed by atoms with Crippen LogP contribution in [0.3, 0.4) is 0 Å². The summed E-state index contributed by atoms with van der Waals surface area (Å²) in [5.41, 5.74) is 4.70. The number of halogens is 6. The molecule has 0 radical (unpaired) electrons. The third-order valence-electron chi connectivity index (χ3n) is 8.47. The van der Waals surface area contributed by atoms with Gasteiger partial charge in [-0.3, -0.25) is 9.69 Å². The van der Waals surface area contributed by atoms with E-state index in [1.54, 1.807) is 25.1 Å². The largest absolute Gasteiger partial charge is 0.573 e. The number of hydrogen-bond acceptors (Lipinski definition) is 6. The summed E-state index contributed by atoms with van der Waals surface area (Å²) in [6.07, 6.45) is -9.73. The van der Waals surface area contributed by atoms with Gasteiger partial charge in [-0.1, -0.05) is 92.3 Å². The first-order chi connectivity index (χ1) is 26.9. The number of aliphatic imine (C=N–C) groups is 1. The Labute approximate surface area is 330 Å². The first kappa shape index (κ1) is 42.5. The van der Waals surface area contributed by atoms with E-state index >= 15 is 0 Å². The van der Waals surface area contributed by atoms with Crippen molar-refractivity contribution in [3.63, 3.8) is 0 Å². The summed E-state index contributed by atoms with van der Waals surface area (Å²) < 4.78 is 83.0. The van der Waals surface area contributed by atoms with Crippen molar-refractivity contribution in [3.8, 4) is 22.8 Å². The Bertz CT molecular complexity index is 2160. The monoisotopic (exact) mass is 810 g/mol. The lowest BCUT2D eigenvalue weighted by Gasteiger charge is -2.28. The van der Waals surface area contributed by atoms with E-state index in [0.717, 1.165) is 33.4 Å². The van der Waals surface area contributed by atoms with Gasteiger partial charge < -0.3 is 10.1 Å². The molecular formula is C41H40F6N6O3S. The third kappa shape index (κ3) is 12.7. The fraction of sp³-hybridized carbons (Fsp3) is 0.293. The molecule has 0 saturated heterocycles. The van der Waals surface area contributed by atoms with Crippen LogP contribution in [0.4, 0.5) is 36.8 Å². The number of anilines is 1. The van der Waals surface area contributed by atoms with E-state index in [2.05, 4.69) is 25.1 Å². The van der Waals surface area contributed by atoms with Crippen molar-refractivity contribution in [2.45, 2.75) is 77.2 Å². The van der Waals surface area contributed by atoms with Crippen molar-refractivity contribution in [1.82, 2.24) is 20.1 Å². The van der Waals surface area contributed by atoms with Crippen molar-refractivity contribution in [3.05, 3.63) is 126 Å². The zero-order valence-electron chi connectivity index (χ0n) is 31.4. The molecule has 0 aliphatic carbocycles. The number of benzene rings is 4. The zero-order valence-corrected chi connectivity index (χ0v) is 32.3. The molecule has 1 unspecified atom stereocenters. The van der Waals surface area contributed by atoms with Crippen LogP contribution in [0.15, 0.2) is 108 Å². The summed E-state index contributed by atoms with van der Waals surface area (Å²) in [6.45, 7) is 7.41. The average Bonchev–Trinajstić information content (AvgIpc) is 3.63. The smallest absolute Gasteiger partial charge is 0.406 e. The molecule has 1 N–H and O–H groups in total. The fourth-order valence-electron chi connectivity index (χ4n) is 5.75. The SMILES string of the molecule is Cc1ccc(C(C)C)c(N(C(=O)CCC(F)(F)F)C(=NC(=O)NC(C)Cc2ccc(-c3ncn(-c4ccc(OC(F)(F)F)cc4)n3)cc2)SCc2ccccc2)c1. The minimum absolute atomic E-state index is 0.0508.